The Balaban J connectivity index is 1.23. The molecule has 3 amide bonds. The number of amides is 3. The summed E-state index contributed by atoms with van der Waals surface area (Å²) in [6.07, 6.45) is 4.44. The molecule has 1 aromatic heterocycles. The molecule has 188 valence electrons. The van der Waals surface area contributed by atoms with Crippen molar-refractivity contribution in [1.82, 2.24) is 29.5 Å². The molecular weight excluding hydrogens is 432 g/mol. The summed E-state index contributed by atoms with van der Waals surface area (Å²) in [5.41, 5.74) is 0.520. The van der Waals surface area contributed by atoms with E-state index in [9.17, 15) is 14.4 Å². The lowest BCUT2D eigenvalue weighted by Gasteiger charge is -2.39. The lowest BCUT2D eigenvalue weighted by atomic mass is 9.96. The molecule has 1 N–H and O–H groups in total. The van der Waals surface area contributed by atoms with Gasteiger partial charge in [0.1, 0.15) is 0 Å². The zero-order chi connectivity index (χ0) is 24.1. The van der Waals surface area contributed by atoms with E-state index in [1.54, 1.807) is 10.6 Å². The van der Waals surface area contributed by atoms with Gasteiger partial charge in [-0.05, 0) is 30.7 Å². The quantitative estimate of drug-likeness (QED) is 0.613. The van der Waals surface area contributed by atoms with Crippen LogP contribution in [0.1, 0.15) is 38.7 Å². The van der Waals surface area contributed by atoms with Crippen LogP contribution in [-0.4, -0.2) is 95.0 Å². The lowest BCUT2D eigenvalue weighted by molar-refractivity contribution is -0.121. The van der Waals surface area contributed by atoms with Crippen LogP contribution in [0.3, 0.4) is 0 Å². The van der Waals surface area contributed by atoms with Gasteiger partial charge < -0.3 is 19.3 Å². The summed E-state index contributed by atoms with van der Waals surface area (Å²) < 4.78 is 1.75. The Morgan fingerprint density at radius 2 is 1.65 bits per heavy atom. The maximum Gasteiger partial charge on any atom is 0.324 e. The predicted octanol–water partition coefficient (Wildman–Crippen LogP) is 1.23. The second-order valence-corrected chi connectivity index (χ2v) is 10.5. The van der Waals surface area contributed by atoms with Crippen LogP contribution < -0.4 is 10.9 Å². The summed E-state index contributed by atoms with van der Waals surface area (Å²) in [6.45, 7) is 14.9. The summed E-state index contributed by atoms with van der Waals surface area (Å²) in [5, 5.41) is 2.32. The van der Waals surface area contributed by atoms with Crippen molar-refractivity contribution in [3.8, 4) is 0 Å². The highest BCUT2D eigenvalue weighted by Crippen LogP contribution is 2.20. The zero-order valence-electron chi connectivity index (χ0n) is 20.7. The third kappa shape index (κ3) is 6.67. The third-order valence-electron chi connectivity index (χ3n) is 7.27. The van der Waals surface area contributed by atoms with Crippen LogP contribution in [0.15, 0.2) is 23.1 Å². The number of carbonyl (C=O) groups is 2. The number of imide groups is 1. The average molecular weight is 473 g/mol. The molecule has 0 atom stereocenters. The smallest absolute Gasteiger partial charge is 0.319 e. The monoisotopic (exact) mass is 472 g/mol. The molecule has 9 nitrogen and oxygen atoms in total. The Bertz CT molecular complexity index is 900. The van der Waals surface area contributed by atoms with E-state index in [1.165, 1.54) is 57.0 Å². The largest absolute Gasteiger partial charge is 0.324 e. The van der Waals surface area contributed by atoms with Gasteiger partial charge in [-0.3, -0.25) is 19.8 Å². The number of pyridine rings is 1. The molecule has 4 rings (SSSR count). The molecule has 0 aromatic carbocycles. The number of nitrogens with zero attached hydrogens (tertiary/aromatic N) is 5. The number of nitrogens with one attached hydrogen (secondary N) is 1. The highest BCUT2D eigenvalue weighted by molar-refractivity contribution is 5.96. The van der Waals surface area contributed by atoms with E-state index >= 15 is 0 Å². The fourth-order valence-corrected chi connectivity index (χ4v) is 5.34. The van der Waals surface area contributed by atoms with Crippen LogP contribution in [0.4, 0.5) is 4.79 Å². The van der Waals surface area contributed by atoms with E-state index in [2.05, 4.69) is 33.9 Å². The van der Waals surface area contributed by atoms with Crippen LogP contribution in [0.25, 0.3) is 0 Å². The molecule has 1 aromatic rings. The molecule has 9 heteroatoms. The molecule has 3 aliphatic heterocycles. The number of piperidine rings is 1. The predicted molar refractivity (Wildman–Crippen MR) is 131 cm³/mol. The number of hydrogen-bond donors (Lipinski definition) is 1. The molecule has 0 unspecified atom stereocenters. The highest BCUT2D eigenvalue weighted by Gasteiger charge is 2.26. The van der Waals surface area contributed by atoms with Crippen molar-refractivity contribution in [1.29, 1.82) is 0 Å². The second kappa shape index (κ2) is 11.5. The molecule has 0 spiro atoms. The topological polar surface area (TPSA) is 81.1 Å². The van der Waals surface area contributed by atoms with Crippen LogP contribution in [0.2, 0.25) is 0 Å². The van der Waals surface area contributed by atoms with Gasteiger partial charge in [-0.25, -0.2) is 4.79 Å². The van der Waals surface area contributed by atoms with E-state index in [1.807, 2.05) is 12.3 Å². The third-order valence-corrected chi connectivity index (χ3v) is 7.27. The Hall–Kier alpha value is -2.23. The van der Waals surface area contributed by atoms with Crippen molar-refractivity contribution in [2.24, 2.45) is 11.8 Å². The Morgan fingerprint density at radius 3 is 2.32 bits per heavy atom. The Morgan fingerprint density at radius 1 is 0.941 bits per heavy atom. The van der Waals surface area contributed by atoms with Gasteiger partial charge >= 0.3 is 6.03 Å². The van der Waals surface area contributed by atoms with Crippen molar-refractivity contribution in [2.75, 3.05) is 58.9 Å². The van der Waals surface area contributed by atoms with Crippen molar-refractivity contribution < 1.29 is 9.59 Å². The van der Waals surface area contributed by atoms with Gasteiger partial charge in [-0.1, -0.05) is 19.9 Å². The second-order valence-electron chi connectivity index (χ2n) is 10.5. The zero-order valence-corrected chi connectivity index (χ0v) is 20.7. The van der Waals surface area contributed by atoms with E-state index in [-0.39, 0.29) is 24.4 Å². The first-order valence-corrected chi connectivity index (χ1v) is 12.8. The Kier molecular flexibility index (Phi) is 8.39. The number of piperazine rings is 1. The van der Waals surface area contributed by atoms with Gasteiger partial charge in [-0.15, -0.1) is 0 Å². The van der Waals surface area contributed by atoms with Gasteiger partial charge in [0.15, 0.2) is 0 Å². The SMILES string of the molecule is CC(C)CN1CCN(CC2CCN(Cn3cccc(CN4CCC(=O)NC4=O)c3=O)CC2)CC1. The molecule has 4 heterocycles. The molecule has 3 saturated heterocycles. The number of aromatic nitrogens is 1. The summed E-state index contributed by atoms with van der Waals surface area (Å²) in [7, 11) is 0. The molecule has 34 heavy (non-hydrogen) atoms. The minimum atomic E-state index is -0.422. The van der Waals surface area contributed by atoms with Crippen LogP contribution in [-0.2, 0) is 18.0 Å². The van der Waals surface area contributed by atoms with Crippen molar-refractivity contribution in [3.05, 3.63) is 34.2 Å². The highest BCUT2D eigenvalue weighted by atomic mass is 16.2. The van der Waals surface area contributed by atoms with E-state index in [0.717, 1.165) is 24.9 Å². The van der Waals surface area contributed by atoms with Crippen molar-refractivity contribution in [2.45, 2.75) is 46.3 Å². The lowest BCUT2D eigenvalue weighted by Crippen LogP contribution is -2.50. The molecule has 0 bridgehead atoms. The maximum atomic E-state index is 13.0. The van der Waals surface area contributed by atoms with Gasteiger partial charge in [0.05, 0.1) is 13.2 Å². The van der Waals surface area contributed by atoms with Gasteiger partial charge in [-0.2, -0.15) is 0 Å². The minimum Gasteiger partial charge on any atom is -0.319 e. The van der Waals surface area contributed by atoms with Crippen molar-refractivity contribution in [3.63, 3.8) is 0 Å². The molecule has 3 aliphatic rings. The first kappa shape index (κ1) is 24.9. The van der Waals surface area contributed by atoms with Crippen LogP contribution in [0, 0.1) is 11.8 Å². The molecule has 0 radical (unpaired) electrons. The molecular formula is C25H40N6O3. The first-order valence-electron chi connectivity index (χ1n) is 12.8. The number of carbonyl (C=O) groups excluding carboxylic acids is 2. The standard InChI is InChI=1S/C25H40N6O3/c1-20(2)16-27-12-14-28(15-13-27)17-21-5-9-29(10-6-21)19-31-8-3-4-22(24(31)33)18-30-11-7-23(32)26-25(30)34/h3-4,8,20-21H,5-7,9-19H2,1-2H3,(H,26,32,34). The molecule has 3 fully saturated rings. The first-order chi connectivity index (χ1) is 16.4. The normalized spacial score (nSPS) is 21.9. The van der Waals surface area contributed by atoms with Crippen LogP contribution in [0.5, 0.6) is 0 Å². The van der Waals surface area contributed by atoms with Gasteiger partial charge in [0.2, 0.25) is 5.91 Å². The summed E-state index contributed by atoms with van der Waals surface area (Å²) >= 11 is 0. The number of likely N-dealkylation sites (tertiary alicyclic amines) is 1. The fourth-order valence-electron chi connectivity index (χ4n) is 5.34. The molecule has 0 aliphatic carbocycles. The number of rotatable bonds is 8. The summed E-state index contributed by atoms with van der Waals surface area (Å²) in [4.78, 5) is 45.5. The summed E-state index contributed by atoms with van der Waals surface area (Å²) in [5.74, 6) is 1.21. The average Bonchev–Trinajstić information content (AvgIpc) is 2.80. The van der Waals surface area contributed by atoms with E-state index in [0.29, 0.717) is 18.8 Å². The molecule has 0 saturated carbocycles. The maximum absolute atomic E-state index is 13.0. The van der Waals surface area contributed by atoms with Crippen LogP contribution >= 0.6 is 0 Å². The minimum absolute atomic E-state index is 0.0615. The van der Waals surface area contributed by atoms with E-state index < -0.39 is 6.03 Å². The number of urea groups is 1. The van der Waals surface area contributed by atoms with E-state index in [4.69, 9.17) is 0 Å². The number of hydrogen-bond acceptors (Lipinski definition) is 6. The van der Waals surface area contributed by atoms with Gasteiger partial charge in [0, 0.05) is 77.1 Å². The van der Waals surface area contributed by atoms with Gasteiger partial charge in [0.25, 0.3) is 5.56 Å². The van der Waals surface area contributed by atoms with Crippen molar-refractivity contribution >= 4 is 11.9 Å². The Labute approximate surface area is 202 Å². The fraction of sp³-hybridized carbons (Fsp3) is 0.720. The summed E-state index contributed by atoms with van der Waals surface area (Å²) in [6, 6.07) is 3.22.